The van der Waals surface area contributed by atoms with Gasteiger partial charge >= 0.3 is 0 Å². The van der Waals surface area contributed by atoms with Gasteiger partial charge in [0.25, 0.3) is 0 Å². The quantitative estimate of drug-likeness (QED) is 0.627. The molecule has 0 radical (unpaired) electrons. The minimum Gasteiger partial charge on any atom is -0.504 e. The Labute approximate surface area is 165 Å². The molecule has 0 saturated carbocycles. The lowest BCUT2D eigenvalue weighted by Gasteiger charge is -2.38. The highest BCUT2D eigenvalue weighted by molar-refractivity contribution is 7.12. The first-order chi connectivity index (χ1) is 12.0. The molecule has 2 aliphatic rings. The van der Waals surface area contributed by atoms with E-state index in [-0.39, 0.29) is 35.2 Å². The molecule has 3 nitrogen and oxygen atoms in total. The molecular weight excluding hydrogens is 366 g/mol. The molecular formula is C21H28ClNO2S. The molecule has 1 aromatic carbocycles. The van der Waals surface area contributed by atoms with Gasteiger partial charge in [0.15, 0.2) is 11.5 Å². The molecule has 142 valence electrons. The summed E-state index contributed by atoms with van der Waals surface area (Å²) in [6.07, 6.45) is 4.32. The van der Waals surface area contributed by atoms with E-state index in [1.807, 2.05) is 11.3 Å². The van der Waals surface area contributed by atoms with Gasteiger partial charge in [-0.1, -0.05) is 20.8 Å². The van der Waals surface area contributed by atoms with Crippen molar-refractivity contribution in [2.75, 3.05) is 0 Å². The largest absolute Gasteiger partial charge is 0.504 e. The summed E-state index contributed by atoms with van der Waals surface area (Å²) in [4.78, 5) is 2.94. The third-order valence-electron chi connectivity index (χ3n) is 6.53. The van der Waals surface area contributed by atoms with Crippen LogP contribution in [0.25, 0.3) is 0 Å². The number of hydrogen-bond donors (Lipinski definition) is 3. The summed E-state index contributed by atoms with van der Waals surface area (Å²) in [6, 6.07) is 6.37. The molecule has 0 bridgehead atoms. The van der Waals surface area contributed by atoms with Gasteiger partial charge in [-0.15, -0.1) is 23.7 Å². The van der Waals surface area contributed by atoms with E-state index in [1.54, 1.807) is 12.1 Å². The van der Waals surface area contributed by atoms with Crippen LogP contribution in [0.1, 0.15) is 72.4 Å². The molecule has 2 aromatic rings. The zero-order valence-electron chi connectivity index (χ0n) is 15.6. The molecule has 1 aliphatic heterocycles. The van der Waals surface area contributed by atoms with Crippen LogP contribution in [0.15, 0.2) is 18.2 Å². The number of halogens is 1. The van der Waals surface area contributed by atoms with Crippen LogP contribution in [0.4, 0.5) is 0 Å². The fourth-order valence-electron chi connectivity index (χ4n) is 4.36. The zero-order chi connectivity index (χ0) is 17.8. The number of fused-ring (bicyclic) bond motifs is 5. The van der Waals surface area contributed by atoms with Crippen LogP contribution in [0, 0.1) is 0 Å². The van der Waals surface area contributed by atoms with Crippen LogP contribution in [0.3, 0.4) is 0 Å². The third kappa shape index (κ3) is 2.92. The van der Waals surface area contributed by atoms with Crippen molar-refractivity contribution in [3.05, 3.63) is 44.6 Å². The third-order valence-corrected chi connectivity index (χ3v) is 8.10. The van der Waals surface area contributed by atoms with Gasteiger partial charge in [-0.25, -0.2) is 0 Å². The minimum atomic E-state index is -0.00439. The monoisotopic (exact) mass is 393 g/mol. The van der Waals surface area contributed by atoms with E-state index in [2.05, 4.69) is 32.2 Å². The molecule has 2 atom stereocenters. The molecule has 0 unspecified atom stereocenters. The average Bonchev–Trinajstić information content (AvgIpc) is 3.06. The van der Waals surface area contributed by atoms with Gasteiger partial charge in [-0.3, -0.25) is 0 Å². The first-order valence-corrected chi connectivity index (χ1v) is 10.2. The van der Waals surface area contributed by atoms with Gasteiger partial charge in [-0.2, -0.15) is 0 Å². The van der Waals surface area contributed by atoms with Gasteiger partial charge in [0.1, 0.15) is 0 Å². The first kappa shape index (κ1) is 19.5. The van der Waals surface area contributed by atoms with E-state index in [9.17, 15) is 10.2 Å². The van der Waals surface area contributed by atoms with Gasteiger partial charge in [0.2, 0.25) is 0 Å². The van der Waals surface area contributed by atoms with Gasteiger partial charge < -0.3 is 15.5 Å². The van der Waals surface area contributed by atoms with Crippen molar-refractivity contribution < 1.29 is 10.2 Å². The van der Waals surface area contributed by atoms with Crippen molar-refractivity contribution in [3.8, 4) is 11.5 Å². The number of phenolic OH excluding ortho intramolecular Hbond substituents is 2. The summed E-state index contributed by atoms with van der Waals surface area (Å²) in [7, 11) is 0. The molecule has 3 N–H and O–H groups in total. The van der Waals surface area contributed by atoms with Crippen molar-refractivity contribution in [2.45, 2.75) is 70.4 Å². The highest BCUT2D eigenvalue weighted by Crippen LogP contribution is 2.49. The molecule has 4 rings (SSSR count). The van der Waals surface area contributed by atoms with Crippen LogP contribution >= 0.6 is 23.7 Å². The maximum absolute atomic E-state index is 10.1. The van der Waals surface area contributed by atoms with E-state index >= 15 is 0 Å². The summed E-state index contributed by atoms with van der Waals surface area (Å²) < 4.78 is 0. The second-order valence-corrected chi connectivity index (χ2v) is 8.90. The van der Waals surface area contributed by atoms with Crippen LogP contribution in [-0.2, 0) is 18.4 Å². The van der Waals surface area contributed by atoms with Crippen LogP contribution in [0.5, 0.6) is 11.5 Å². The smallest absolute Gasteiger partial charge is 0.157 e. The number of aromatic hydroxyl groups is 2. The molecule has 1 aliphatic carbocycles. The Kier molecular flexibility index (Phi) is 5.31. The number of benzene rings is 1. The standard InChI is InChI=1S/C21H27NO2S.ClH/c1-4-21(3,5-2)18-9-13-11-22-15-7-6-12-8-16(23)17(24)10-14(12)19(15)20(13)25-18;/h8-10,15,19,22-24H,4-7,11H2,1-3H3;1H/t15-,19-;/m0./s1. The average molecular weight is 394 g/mol. The Hall–Kier alpha value is -1.23. The van der Waals surface area contributed by atoms with Crippen molar-refractivity contribution in [3.63, 3.8) is 0 Å². The molecule has 0 fully saturated rings. The van der Waals surface area contributed by atoms with Gasteiger partial charge in [0, 0.05) is 33.7 Å². The Morgan fingerprint density at radius 2 is 1.81 bits per heavy atom. The maximum Gasteiger partial charge on any atom is 0.157 e. The summed E-state index contributed by atoms with van der Waals surface area (Å²) in [5, 5.41) is 23.7. The SMILES string of the molecule is CCC(C)(CC)c1cc2c(s1)[C@H]1c3cc(O)c(O)cc3CC[C@@H]1NC2.Cl. The topological polar surface area (TPSA) is 52.5 Å². The fraction of sp³-hybridized carbons (Fsp3) is 0.524. The van der Waals surface area contributed by atoms with E-state index in [0.29, 0.717) is 6.04 Å². The predicted octanol–water partition coefficient (Wildman–Crippen LogP) is 5.21. The van der Waals surface area contributed by atoms with Crippen LogP contribution in [-0.4, -0.2) is 16.3 Å². The summed E-state index contributed by atoms with van der Waals surface area (Å²) in [5.74, 6) is 0.281. The lowest BCUT2D eigenvalue weighted by atomic mass is 9.75. The number of thiophene rings is 1. The van der Waals surface area contributed by atoms with Crippen molar-refractivity contribution in [1.29, 1.82) is 0 Å². The molecule has 0 saturated heterocycles. The van der Waals surface area contributed by atoms with Crippen LogP contribution in [0.2, 0.25) is 0 Å². The number of hydrogen-bond acceptors (Lipinski definition) is 4. The van der Waals surface area contributed by atoms with Gasteiger partial charge in [-0.05, 0) is 60.6 Å². The Morgan fingerprint density at radius 3 is 2.50 bits per heavy atom. The van der Waals surface area contributed by atoms with E-state index in [0.717, 1.165) is 32.2 Å². The summed E-state index contributed by atoms with van der Waals surface area (Å²) >= 11 is 1.97. The lowest BCUT2D eigenvalue weighted by Crippen LogP contribution is -2.41. The van der Waals surface area contributed by atoms with E-state index in [1.165, 1.54) is 26.4 Å². The zero-order valence-corrected chi connectivity index (χ0v) is 17.3. The summed E-state index contributed by atoms with van der Waals surface area (Å²) in [6.45, 7) is 7.86. The Morgan fingerprint density at radius 1 is 1.12 bits per heavy atom. The van der Waals surface area contributed by atoms with Crippen molar-refractivity contribution in [2.24, 2.45) is 0 Å². The Balaban J connectivity index is 0.00000196. The normalized spacial score (nSPS) is 21.3. The van der Waals surface area contributed by atoms with Crippen molar-refractivity contribution >= 4 is 23.7 Å². The van der Waals surface area contributed by atoms with E-state index < -0.39 is 0 Å². The number of nitrogens with one attached hydrogen (secondary N) is 1. The highest BCUT2D eigenvalue weighted by Gasteiger charge is 2.38. The molecule has 26 heavy (non-hydrogen) atoms. The molecule has 5 heteroatoms. The number of rotatable bonds is 3. The lowest BCUT2D eigenvalue weighted by molar-refractivity contribution is 0.383. The molecule has 0 spiro atoms. The second kappa shape index (κ2) is 7.06. The maximum atomic E-state index is 10.1. The fourth-order valence-corrected chi connectivity index (χ4v) is 6.02. The second-order valence-electron chi connectivity index (χ2n) is 7.81. The first-order valence-electron chi connectivity index (χ1n) is 9.38. The Bertz CT molecular complexity index is 813. The van der Waals surface area contributed by atoms with Crippen molar-refractivity contribution in [1.82, 2.24) is 5.32 Å². The minimum absolute atomic E-state index is 0. The number of phenols is 2. The van der Waals surface area contributed by atoms with Crippen LogP contribution < -0.4 is 5.32 Å². The molecule has 0 amide bonds. The summed E-state index contributed by atoms with van der Waals surface area (Å²) in [5.41, 5.74) is 4.01. The highest BCUT2D eigenvalue weighted by atomic mass is 35.5. The number of aryl methyl sites for hydroxylation is 1. The molecule has 1 aromatic heterocycles. The molecule has 2 heterocycles. The van der Waals surface area contributed by atoms with E-state index in [4.69, 9.17) is 0 Å². The van der Waals surface area contributed by atoms with Gasteiger partial charge in [0.05, 0.1) is 0 Å². The predicted molar refractivity (Wildman–Crippen MR) is 110 cm³/mol.